The molecule has 1 atom stereocenters. The quantitative estimate of drug-likeness (QED) is 0.878. The highest BCUT2D eigenvalue weighted by Gasteiger charge is 2.33. The van der Waals surface area contributed by atoms with Crippen LogP contribution in [0.1, 0.15) is 25.8 Å². The largest absolute Gasteiger partial charge is 0.327 e. The highest BCUT2D eigenvalue weighted by molar-refractivity contribution is 5.19. The van der Waals surface area contributed by atoms with E-state index in [0.717, 1.165) is 25.6 Å². The molecular formula is C14H20F2N2. The number of halogens is 2. The molecule has 0 radical (unpaired) electrons. The van der Waals surface area contributed by atoms with E-state index in [2.05, 4.69) is 18.7 Å². The standard InChI is InChI=1S/C14H20F2N2/c1-14(2)9-18(7-6-12(14)17)8-10-4-3-5-11(15)13(10)16/h3-5,12H,6-9,17H2,1-2H3. The van der Waals surface area contributed by atoms with E-state index in [4.69, 9.17) is 5.73 Å². The minimum Gasteiger partial charge on any atom is -0.327 e. The van der Waals surface area contributed by atoms with Crippen LogP contribution in [0.4, 0.5) is 8.78 Å². The molecule has 100 valence electrons. The van der Waals surface area contributed by atoms with Crippen molar-refractivity contribution in [1.29, 1.82) is 0 Å². The maximum absolute atomic E-state index is 13.6. The average Bonchev–Trinajstić information content (AvgIpc) is 2.29. The van der Waals surface area contributed by atoms with Crippen molar-refractivity contribution in [2.24, 2.45) is 11.1 Å². The molecule has 0 spiro atoms. The number of likely N-dealkylation sites (tertiary alicyclic amines) is 1. The molecule has 2 nitrogen and oxygen atoms in total. The summed E-state index contributed by atoms with van der Waals surface area (Å²) < 4.78 is 26.7. The Bertz CT molecular complexity index is 432. The van der Waals surface area contributed by atoms with Gasteiger partial charge in [-0.2, -0.15) is 0 Å². The molecule has 1 aliphatic heterocycles. The molecule has 1 saturated heterocycles. The molecule has 1 unspecified atom stereocenters. The molecule has 1 aromatic rings. The zero-order valence-electron chi connectivity index (χ0n) is 10.9. The molecule has 0 bridgehead atoms. The van der Waals surface area contributed by atoms with Gasteiger partial charge in [-0.05, 0) is 17.9 Å². The Labute approximate surface area is 107 Å². The van der Waals surface area contributed by atoms with E-state index in [1.54, 1.807) is 12.1 Å². The van der Waals surface area contributed by atoms with E-state index in [1.165, 1.54) is 0 Å². The normalized spacial score (nSPS) is 24.2. The third kappa shape index (κ3) is 2.70. The Morgan fingerprint density at radius 2 is 2.11 bits per heavy atom. The van der Waals surface area contributed by atoms with Gasteiger partial charge in [-0.3, -0.25) is 4.90 Å². The van der Waals surface area contributed by atoms with E-state index in [1.807, 2.05) is 0 Å². The second-order valence-electron chi connectivity index (χ2n) is 5.81. The van der Waals surface area contributed by atoms with Gasteiger partial charge in [0.05, 0.1) is 0 Å². The number of nitrogens with zero attached hydrogens (tertiary/aromatic N) is 1. The zero-order chi connectivity index (χ0) is 13.3. The topological polar surface area (TPSA) is 29.3 Å². The molecule has 4 heteroatoms. The van der Waals surface area contributed by atoms with Crippen LogP contribution in [0, 0.1) is 17.0 Å². The van der Waals surface area contributed by atoms with Crippen molar-refractivity contribution < 1.29 is 8.78 Å². The first-order valence-electron chi connectivity index (χ1n) is 6.31. The molecule has 0 saturated carbocycles. The van der Waals surface area contributed by atoms with Gasteiger partial charge in [-0.1, -0.05) is 26.0 Å². The lowest BCUT2D eigenvalue weighted by atomic mass is 9.79. The summed E-state index contributed by atoms with van der Waals surface area (Å²) in [5.74, 6) is -1.51. The summed E-state index contributed by atoms with van der Waals surface area (Å²) in [4.78, 5) is 2.14. The number of piperidine rings is 1. The van der Waals surface area contributed by atoms with E-state index < -0.39 is 11.6 Å². The minimum absolute atomic E-state index is 0.0159. The molecule has 1 heterocycles. The van der Waals surface area contributed by atoms with E-state index in [0.29, 0.717) is 12.1 Å². The van der Waals surface area contributed by atoms with Gasteiger partial charge in [0.15, 0.2) is 11.6 Å². The van der Waals surface area contributed by atoms with Crippen molar-refractivity contribution in [3.8, 4) is 0 Å². The predicted octanol–water partition coefficient (Wildman–Crippen LogP) is 2.52. The zero-order valence-corrected chi connectivity index (χ0v) is 10.9. The number of hydrogen-bond acceptors (Lipinski definition) is 2. The number of nitrogens with two attached hydrogens (primary N) is 1. The highest BCUT2D eigenvalue weighted by Crippen LogP contribution is 2.28. The summed E-state index contributed by atoms with van der Waals surface area (Å²) in [6.45, 7) is 6.32. The average molecular weight is 254 g/mol. The van der Waals surface area contributed by atoms with Gasteiger partial charge >= 0.3 is 0 Å². The smallest absolute Gasteiger partial charge is 0.163 e. The summed E-state index contributed by atoms with van der Waals surface area (Å²) in [6.07, 6.45) is 0.893. The first-order valence-corrected chi connectivity index (χ1v) is 6.31. The van der Waals surface area contributed by atoms with Crippen LogP contribution in [-0.2, 0) is 6.54 Å². The fraction of sp³-hybridized carbons (Fsp3) is 0.571. The molecule has 1 fully saturated rings. The van der Waals surface area contributed by atoms with Crippen molar-refractivity contribution in [3.63, 3.8) is 0 Å². The Hall–Kier alpha value is -1.00. The Kier molecular flexibility index (Phi) is 3.69. The van der Waals surface area contributed by atoms with Crippen LogP contribution < -0.4 is 5.73 Å². The fourth-order valence-corrected chi connectivity index (χ4v) is 2.53. The van der Waals surface area contributed by atoms with Crippen molar-refractivity contribution in [2.45, 2.75) is 32.9 Å². The Balaban J connectivity index is 2.09. The van der Waals surface area contributed by atoms with Gasteiger partial charge in [-0.25, -0.2) is 8.78 Å². The molecule has 1 aliphatic rings. The van der Waals surface area contributed by atoms with E-state index in [9.17, 15) is 8.78 Å². The second-order valence-corrected chi connectivity index (χ2v) is 5.81. The van der Waals surface area contributed by atoms with Gasteiger partial charge in [0.25, 0.3) is 0 Å². The van der Waals surface area contributed by atoms with Gasteiger partial charge < -0.3 is 5.73 Å². The third-order valence-corrected chi connectivity index (χ3v) is 3.82. The summed E-state index contributed by atoms with van der Waals surface area (Å²) in [7, 11) is 0. The highest BCUT2D eigenvalue weighted by atomic mass is 19.2. The lowest BCUT2D eigenvalue weighted by Gasteiger charge is -2.42. The first kappa shape index (κ1) is 13.4. The molecular weight excluding hydrogens is 234 g/mol. The minimum atomic E-state index is -0.777. The fourth-order valence-electron chi connectivity index (χ4n) is 2.53. The molecule has 0 amide bonds. The molecule has 1 aromatic carbocycles. The second kappa shape index (κ2) is 4.94. The Morgan fingerprint density at radius 3 is 2.78 bits per heavy atom. The number of benzene rings is 1. The van der Waals surface area contributed by atoms with E-state index >= 15 is 0 Å². The van der Waals surface area contributed by atoms with E-state index in [-0.39, 0.29) is 11.5 Å². The summed E-state index contributed by atoms with van der Waals surface area (Å²) in [5, 5.41) is 0. The van der Waals surface area contributed by atoms with Crippen molar-refractivity contribution in [3.05, 3.63) is 35.4 Å². The molecule has 0 aromatic heterocycles. The Morgan fingerprint density at radius 1 is 1.39 bits per heavy atom. The van der Waals surface area contributed by atoms with Crippen molar-refractivity contribution >= 4 is 0 Å². The van der Waals surface area contributed by atoms with Gasteiger partial charge in [0.2, 0.25) is 0 Å². The van der Waals surface area contributed by atoms with Gasteiger partial charge in [0, 0.05) is 31.2 Å². The van der Waals surface area contributed by atoms with Crippen LogP contribution in [0.2, 0.25) is 0 Å². The maximum atomic E-state index is 13.6. The molecule has 2 N–H and O–H groups in total. The molecule has 2 rings (SSSR count). The summed E-state index contributed by atoms with van der Waals surface area (Å²) in [6, 6.07) is 4.51. The van der Waals surface area contributed by atoms with Crippen LogP contribution in [0.5, 0.6) is 0 Å². The number of hydrogen-bond donors (Lipinski definition) is 1. The summed E-state index contributed by atoms with van der Waals surface area (Å²) in [5.41, 5.74) is 6.50. The first-order chi connectivity index (χ1) is 8.40. The SMILES string of the molecule is CC1(C)CN(Cc2cccc(F)c2F)CCC1N. The maximum Gasteiger partial charge on any atom is 0.163 e. The third-order valence-electron chi connectivity index (χ3n) is 3.82. The monoisotopic (exact) mass is 254 g/mol. The molecule has 0 aliphatic carbocycles. The van der Waals surface area contributed by atoms with Crippen molar-refractivity contribution in [1.82, 2.24) is 4.90 Å². The molecule has 18 heavy (non-hydrogen) atoms. The van der Waals surface area contributed by atoms with Crippen LogP contribution in [0.3, 0.4) is 0 Å². The van der Waals surface area contributed by atoms with Crippen LogP contribution >= 0.6 is 0 Å². The van der Waals surface area contributed by atoms with Crippen LogP contribution in [0.15, 0.2) is 18.2 Å². The number of rotatable bonds is 2. The van der Waals surface area contributed by atoms with Crippen molar-refractivity contribution in [2.75, 3.05) is 13.1 Å². The van der Waals surface area contributed by atoms with Gasteiger partial charge in [0.1, 0.15) is 0 Å². The lowest BCUT2D eigenvalue weighted by Crippen LogP contribution is -2.52. The lowest BCUT2D eigenvalue weighted by molar-refractivity contribution is 0.0888. The summed E-state index contributed by atoms with van der Waals surface area (Å²) >= 11 is 0. The van der Waals surface area contributed by atoms with Crippen LogP contribution in [0.25, 0.3) is 0 Å². The predicted molar refractivity (Wildman–Crippen MR) is 68.0 cm³/mol. The van der Waals surface area contributed by atoms with Crippen LogP contribution in [-0.4, -0.2) is 24.0 Å². The van der Waals surface area contributed by atoms with Gasteiger partial charge in [-0.15, -0.1) is 0 Å².